The van der Waals surface area contributed by atoms with Gasteiger partial charge in [-0.25, -0.2) is 17.5 Å². The summed E-state index contributed by atoms with van der Waals surface area (Å²) in [7, 11) is -3.70. The molecule has 0 radical (unpaired) electrons. The number of hydrogen-bond acceptors (Lipinski definition) is 3. The van der Waals surface area contributed by atoms with Crippen LogP contribution < -0.4 is 10.5 Å². The van der Waals surface area contributed by atoms with E-state index in [2.05, 4.69) is 18.6 Å². The van der Waals surface area contributed by atoms with Gasteiger partial charge in [0.2, 0.25) is 10.0 Å². The van der Waals surface area contributed by atoms with Crippen LogP contribution in [0.15, 0.2) is 23.1 Å². The molecule has 0 heterocycles. The first kappa shape index (κ1) is 15.9. The third-order valence-electron chi connectivity index (χ3n) is 3.09. The molecule has 3 N–H and O–H groups in total. The van der Waals surface area contributed by atoms with Gasteiger partial charge in [-0.15, -0.1) is 0 Å². The first-order valence-electron chi connectivity index (χ1n) is 6.33. The summed E-state index contributed by atoms with van der Waals surface area (Å²) in [5, 5.41) is 0. The molecule has 0 saturated heterocycles. The van der Waals surface area contributed by atoms with Crippen molar-refractivity contribution in [2.75, 3.05) is 5.73 Å². The Morgan fingerprint density at radius 1 is 1.37 bits per heavy atom. The molecule has 19 heavy (non-hydrogen) atoms. The second-order valence-electron chi connectivity index (χ2n) is 4.95. The maximum absolute atomic E-state index is 13.3. The molecule has 1 rings (SSSR count). The maximum atomic E-state index is 13.3. The lowest BCUT2D eigenvalue weighted by Crippen LogP contribution is -2.33. The molecule has 108 valence electrons. The number of nitrogens with two attached hydrogens (primary N) is 1. The largest absolute Gasteiger partial charge is 0.396 e. The van der Waals surface area contributed by atoms with Gasteiger partial charge < -0.3 is 5.73 Å². The Bertz CT molecular complexity index is 531. The fourth-order valence-corrected chi connectivity index (χ4v) is 3.09. The smallest absolute Gasteiger partial charge is 0.240 e. The summed E-state index contributed by atoms with van der Waals surface area (Å²) in [4.78, 5) is -0.102. The van der Waals surface area contributed by atoms with Gasteiger partial charge in [-0.1, -0.05) is 20.3 Å². The van der Waals surface area contributed by atoms with Crippen molar-refractivity contribution in [3.05, 3.63) is 24.0 Å². The lowest BCUT2D eigenvalue weighted by atomic mass is 10.0. The number of sulfonamides is 1. The first-order chi connectivity index (χ1) is 8.76. The van der Waals surface area contributed by atoms with E-state index in [4.69, 9.17) is 5.73 Å². The summed E-state index contributed by atoms with van der Waals surface area (Å²) in [5.74, 6) is -0.293. The van der Waals surface area contributed by atoms with Gasteiger partial charge in [-0.3, -0.25) is 0 Å². The summed E-state index contributed by atoms with van der Waals surface area (Å²) < 4.78 is 40.0. The number of anilines is 1. The van der Waals surface area contributed by atoms with E-state index in [0.717, 1.165) is 18.9 Å². The second kappa shape index (κ2) is 6.34. The van der Waals surface area contributed by atoms with E-state index in [-0.39, 0.29) is 16.6 Å². The average Bonchev–Trinajstić information content (AvgIpc) is 2.31. The predicted octanol–water partition coefficient (Wildman–Crippen LogP) is 2.51. The van der Waals surface area contributed by atoms with Gasteiger partial charge >= 0.3 is 0 Å². The fraction of sp³-hybridized carbons (Fsp3) is 0.538. The van der Waals surface area contributed by atoms with Crippen molar-refractivity contribution >= 4 is 15.7 Å². The average molecular weight is 288 g/mol. The van der Waals surface area contributed by atoms with Crippen LogP contribution in [-0.4, -0.2) is 14.5 Å². The van der Waals surface area contributed by atoms with Gasteiger partial charge in [0, 0.05) is 6.04 Å². The summed E-state index contributed by atoms with van der Waals surface area (Å²) in [6, 6.07) is 3.30. The topological polar surface area (TPSA) is 72.2 Å². The van der Waals surface area contributed by atoms with E-state index in [1.165, 1.54) is 12.1 Å². The maximum Gasteiger partial charge on any atom is 0.240 e. The number of halogens is 1. The van der Waals surface area contributed by atoms with Crippen molar-refractivity contribution in [2.24, 2.45) is 5.92 Å². The van der Waals surface area contributed by atoms with Gasteiger partial charge in [0.05, 0.1) is 10.6 Å². The third-order valence-corrected chi connectivity index (χ3v) is 4.68. The summed E-state index contributed by atoms with van der Waals surface area (Å²) in [5.41, 5.74) is 5.26. The molecule has 0 saturated carbocycles. The molecule has 0 spiro atoms. The highest BCUT2D eigenvalue weighted by molar-refractivity contribution is 7.89. The molecule has 0 aromatic heterocycles. The van der Waals surface area contributed by atoms with E-state index in [9.17, 15) is 12.8 Å². The van der Waals surface area contributed by atoms with Gasteiger partial charge in [0.1, 0.15) is 5.82 Å². The summed E-state index contributed by atoms with van der Waals surface area (Å²) in [6.45, 7) is 5.92. The second-order valence-corrected chi connectivity index (χ2v) is 6.67. The van der Waals surface area contributed by atoms with Crippen molar-refractivity contribution in [3.63, 3.8) is 0 Å². The SMILES string of the molecule is CCC(C)CC(C)NS(=O)(=O)c1ccc(N)c(F)c1. The van der Waals surface area contributed by atoms with E-state index in [1.807, 2.05) is 0 Å². The molecule has 0 amide bonds. The van der Waals surface area contributed by atoms with E-state index < -0.39 is 15.8 Å². The summed E-state index contributed by atoms with van der Waals surface area (Å²) in [6.07, 6.45) is 1.73. The van der Waals surface area contributed by atoms with Crippen molar-refractivity contribution in [3.8, 4) is 0 Å². The Morgan fingerprint density at radius 2 is 2.00 bits per heavy atom. The lowest BCUT2D eigenvalue weighted by molar-refractivity contribution is 0.445. The molecule has 6 heteroatoms. The Hall–Kier alpha value is -1.14. The molecule has 0 aliphatic heterocycles. The number of rotatable bonds is 6. The Labute approximate surface area is 114 Å². The standard InChI is InChI=1S/C13H21FN2O2S/c1-4-9(2)7-10(3)16-19(17,18)11-5-6-13(15)12(14)8-11/h5-6,8-10,16H,4,7,15H2,1-3H3. The number of hydrogen-bond donors (Lipinski definition) is 2. The van der Waals surface area contributed by atoms with Crippen LogP contribution in [0.3, 0.4) is 0 Å². The predicted molar refractivity (Wildman–Crippen MR) is 74.7 cm³/mol. The van der Waals surface area contributed by atoms with Gasteiger partial charge in [0.15, 0.2) is 0 Å². The molecular weight excluding hydrogens is 267 g/mol. The molecule has 0 aliphatic rings. The lowest BCUT2D eigenvalue weighted by Gasteiger charge is -2.17. The van der Waals surface area contributed by atoms with Crippen molar-refractivity contribution < 1.29 is 12.8 Å². The molecule has 0 fully saturated rings. The molecule has 0 aliphatic carbocycles. The minimum absolute atomic E-state index is 0.0633. The fourth-order valence-electron chi connectivity index (χ4n) is 1.83. The quantitative estimate of drug-likeness (QED) is 0.790. The molecule has 0 bridgehead atoms. The Morgan fingerprint density at radius 3 is 2.53 bits per heavy atom. The minimum Gasteiger partial charge on any atom is -0.396 e. The van der Waals surface area contributed by atoms with Crippen molar-refractivity contribution in [1.29, 1.82) is 0 Å². The molecule has 4 nitrogen and oxygen atoms in total. The van der Waals surface area contributed by atoms with Crippen molar-refractivity contribution in [2.45, 2.75) is 44.6 Å². The normalized spacial score (nSPS) is 15.2. The number of benzene rings is 1. The first-order valence-corrected chi connectivity index (χ1v) is 7.82. The van der Waals surface area contributed by atoms with Crippen LogP contribution in [0.2, 0.25) is 0 Å². The zero-order valence-electron chi connectivity index (χ0n) is 11.5. The van der Waals surface area contributed by atoms with Crippen LogP contribution >= 0.6 is 0 Å². The van der Waals surface area contributed by atoms with E-state index >= 15 is 0 Å². The highest BCUT2D eigenvalue weighted by Crippen LogP contribution is 2.17. The zero-order valence-corrected chi connectivity index (χ0v) is 12.3. The van der Waals surface area contributed by atoms with Crippen LogP contribution in [-0.2, 0) is 10.0 Å². The zero-order chi connectivity index (χ0) is 14.6. The van der Waals surface area contributed by atoms with E-state index in [0.29, 0.717) is 5.92 Å². The molecule has 1 aromatic rings. The monoisotopic (exact) mass is 288 g/mol. The van der Waals surface area contributed by atoms with Gasteiger partial charge in [0.25, 0.3) is 0 Å². The molecule has 2 atom stereocenters. The van der Waals surface area contributed by atoms with Crippen LogP contribution in [0.25, 0.3) is 0 Å². The van der Waals surface area contributed by atoms with E-state index in [1.54, 1.807) is 6.92 Å². The highest BCUT2D eigenvalue weighted by Gasteiger charge is 2.19. The van der Waals surface area contributed by atoms with Gasteiger partial charge in [-0.05, 0) is 37.5 Å². The Balaban J connectivity index is 2.83. The molecular formula is C13H21FN2O2S. The highest BCUT2D eigenvalue weighted by atomic mass is 32.2. The number of nitrogens with one attached hydrogen (secondary N) is 1. The van der Waals surface area contributed by atoms with Gasteiger partial charge in [-0.2, -0.15) is 0 Å². The molecule has 1 aromatic carbocycles. The minimum atomic E-state index is -3.70. The van der Waals surface area contributed by atoms with Crippen molar-refractivity contribution in [1.82, 2.24) is 4.72 Å². The number of nitrogen functional groups attached to an aromatic ring is 1. The van der Waals surface area contributed by atoms with Crippen LogP contribution in [0.4, 0.5) is 10.1 Å². The van der Waals surface area contributed by atoms with Crippen LogP contribution in [0.1, 0.15) is 33.6 Å². The Kier molecular flexibility index (Phi) is 5.31. The van der Waals surface area contributed by atoms with Crippen LogP contribution in [0.5, 0.6) is 0 Å². The molecule has 2 unspecified atom stereocenters. The third kappa shape index (κ3) is 4.47. The van der Waals surface area contributed by atoms with Crippen LogP contribution in [0, 0.1) is 11.7 Å². The summed E-state index contributed by atoms with van der Waals surface area (Å²) >= 11 is 0.